The van der Waals surface area contributed by atoms with Crippen molar-refractivity contribution in [3.63, 3.8) is 0 Å². The molecule has 9 rings (SSSR count). The van der Waals surface area contributed by atoms with Gasteiger partial charge in [-0.05, 0) is 98.4 Å². The van der Waals surface area contributed by atoms with Crippen LogP contribution in [0.3, 0.4) is 0 Å². The molecule has 1 spiro atoms. The fourth-order valence-corrected chi connectivity index (χ4v) is 12.1. The molecule has 5 aliphatic rings. The summed E-state index contributed by atoms with van der Waals surface area (Å²) in [6.07, 6.45) is 9.49. The summed E-state index contributed by atoms with van der Waals surface area (Å²) in [4.78, 5) is 18.8. The molecule has 5 heterocycles. The van der Waals surface area contributed by atoms with E-state index in [-0.39, 0.29) is 52.5 Å². The minimum absolute atomic E-state index is 0.00542. The summed E-state index contributed by atoms with van der Waals surface area (Å²) in [5.74, 6) is 0.853. The Morgan fingerprint density at radius 2 is 1.87 bits per heavy atom. The van der Waals surface area contributed by atoms with Gasteiger partial charge < -0.3 is 24.6 Å². The zero-order valence-electron chi connectivity index (χ0n) is 32.4. The Kier molecular flexibility index (Phi) is 10.3. The van der Waals surface area contributed by atoms with Gasteiger partial charge in [-0.15, -0.1) is 0 Å². The van der Waals surface area contributed by atoms with Gasteiger partial charge in [0.1, 0.15) is 34.2 Å². The second-order valence-corrected chi connectivity index (χ2v) is 18.1. The Bertz CT molecular complexity index is 2120. The number of hydrogen-bond donors (Lipinski definition) is 2. The van der Waals surface area contributed by atoms with E-state index < -0.39 is 28.0 Å². The molecule has 2 aliphatic carbocycles. The minimum Gasteiger partial charge on any atom is -0.508 e. The van der Waals surface area contributed by atoms with Crippen LogP contribution >= 0.6 is 0 Å². The van der Waals surface area contributed by atoms with Crippen LogP contribution in [0.1, 0.15) is 78.2 Å². The number of anilines is 1. The second kappa shape index (κ2) is 14.8. The fraction of sp³-hybridized carbons (Fsp3) is 0.595. The largest absolute Gasteiger partial charge is 0.508 e. The van der Waals surface area contributed by atoms with Crippen LogP contribution in [0, 0.1) is 22.5 Å². The zero-order chi connectivity index (χ0) is 38.7. The van der Waals surface area contributed by atoms with E-state index in [0.29, 0.717) is 65.8 Å². The normalized spacial score (nSPS) is 30.7. The predicted octanol–water partition coefficient (Wildman–Crippen LogP) is 6.93. The topological polar surface area (TPSA) is 121 Å². The highest BCUT2D eigenvalue weighted by Gasteiger charge is 2.58. The number of phenols is 1. The van der Waals surface area contributed by atoms with Gasteiger partial charge >= 0.3 is 6.01 Å². The fourth-order valence-electron chi connectivity index (χ4n) is 10.4. The molecule has 3 saturated heterocycles. The first kappa shape index (κ1) is 38.4. The number of hydrogen-bond acceptors (Lipinski definition) is 10. The van der Waals surface area contributed by atoms with Crippen molar-refractivity contribution < 1.29 is 32.7 Å². The number of pyridine rings is 1. The Morgan fingerprint density at radius 3 is 2.64 bits per heavy atom. The number of likely N-dealkylation sites (tertiary alicyclic amines) is 1. The van der Waals surface area contributed by atoms with E-state index >= 15 is 8.78 Å². The molecular weight excluding hydrogens is 725 g/mol. The summed E-state index contributed by atoms with van der Waals surface area (Å²) in [7, 11) is -0.645. The van der Waals surface area contributed by atoms with Crippen molar-refractivity contribution in [1.82, 2.24) is 19.9 Å². The third-order valence-corrected chi connectivity index (χ3v) is 14.6. The summed E-state index contributed by atoms with van der Waals surface area (Å²) in [5, 5.41) is 23.2. The van der Waals surface area contributed by atoms with E-state index in [1.807, 2.05) is 25.7 Å². The van der Waals surface area contributed by atoms with Crippen LogP contribution in [0.5, 0.6) is 11.8 Å². The Balaban J connectivity index is 0.00000210. The summed E-state index contributed by atoms with van der Waals surface area (Å²) < 4.78 is 56.4. The molecule has 0 bridgehead atoms. The minimum atomic E-state index is -1.18. The Morgan fingerprint density at radius 1 is 1.09 bits per heavy atom. The molecule has 55 heavy (non-hydrogen) atoms. The van der Waals surface area contributed by atoms with Gasteiger partial charge in [-0.2, -0.15) is 9.97 Å². The monoisotopic (exact) mass is 777 g/mol. The number of aromatic nitrogens is 3. The number of fused-ring (bicyclic) bond motifs is 3. The number of phenolic OH excluding ortho intramolecular Hbond substituents is 1. The average Bonchev–Trinajstić information content (AvgIpc) is 3.49. The number of piperidine rings is 1. The second-order valence-electron chi connectivity index (χ2n) is 16.6. The molecule has 2 aromatic heterocycles. The van der Waals surface area contributed by atoms with Gasteiger partial charge in [0.05, 0.1) is 31.8 Å². The summed E-state index contributed by atoms with van der Waals surface area (Å²) in [6, 6.07) is 6.84. The molecule has 3 unspecified atom stereocenters. The highest BCUT2D eigenvalue weighted by Crippen LogP contribution is 2.55. The molecule has 0 radical (unpaired) electrons. The summed E-state index contributed by atoms with van der Waals surface area (Å²) in [5.41, 5.74) is -0.364. The number of benzene rings is 2. The Labute approximate surface area is 324 Å². The van der Waals surface area contributed by atoms with Crippen molar-refractivity contribution >= 4 is 38.3 Å². The van der Waals surface area contributed by atoms with E-state index in [2.05, 4.69) is 9.88 Å². The third-order valence-electron chi connectivity index (χ3n) is 12.7. The number of rotatable bonds is 7. The number of halogens is 2. The van der Waals surface area contributed by atoms with Gasteiger partial charge in [-0.3, -0.25) is 14.1 Å². The van der Waals surface area contributed by atoms with Crippen molar-refractivity contribution in [1.29, 1.82) is 0 Å². The standard InChI is InChI=1S/C40H47F2N5O5S.C2H6/c1-3-27-30(41)8-7-24-14-26(48)15-28(32(24)27)34-33(42)35-29(18-43-34)36(46-12-13-51-20-38(2,49)19-46)45-37(44-35)52-21-40-9-4-6-31(40)47(11-5-10-40)25-16-39(17-25)22-53(50)23-39;1-2/h7-8,14-15,18,25,31,48-49H,3-6,9-13,16-17,19-23H2,1-2H3;1-2H3. The zero-order valence-corrected chi connectivity index (χ0v) is 33.2. The molecule has 2 saturated carbocycles. The SMILES string of the molecule is CC.CCc1c(F)ccc2cc(O)cc(-c3ncc4c(N5CCOCC(C)(O)C5)nc(OCC56CCCC5N(C5CC7(C5)CS(=O)C7)CCC6)nc4c3F)c12. The number of aryl methyl sites for hydroxylation is 1. The van der Waals surface area contributed by atoms with Crippen LogP contribution in [-0.2, 0) is 22.0 Å². The lowest BCUT2D eigenvalue weighted by Gasteiger charge is -2.60. The van der Waals surface area contributed by atoms with Gasteiger partial charge in [-0.25, -0.2) is 8.78 Å². The first-order valence-corrected chi connectivity index (χ1v) is 21.6. The molecule has 3 atom stereocenters. The van der Waals surface area contributed by atoms with Crippen molar-refractivity contribution in [2.75, 3.05) is 55.9 Å². The molecule has 2 N–H and O–H groups in total. The smallest absolute Gasteiger partial charge is 0.319 e. The number of aromatic hydroxyl groups is 1. The van der Waals surface area contributed by atoms with E-state index in [9.17, 15) is 14.4 Å². The number of β-amino-alcohol motifs (C(OH)–C–C–N with tert-alkyl or cyclic N) is 1. The maximum absolute atomic E-state index is 17.1. The van der Waals surface area contributed by atoms with Crippen LogP contribution in [-0.4, -0.2) is 103 Å². The molecular formula is C42H53F2N5O5S. The van der Waals surface area contributed by atoms with Gasteiger partial charge in [0, 0.05) is 58.1 Å². The molecule has 3 aliphatic heterocycles. The molecule has 296 valence electrons. The lowest BCUT2D eigenvalue weighted by atomic mass is 9.64. The van der Waals surface area contributed by atoms with Gasteiger partial charge in [0.2, 0.25) is 0 Å². The molecule has 13 heteroatoms. The van der Waals surface area contributed by atoms with Crippen LogP contribution < -0.4 is 9.64 Å². The lowest BCUT2D eigenvalue weighted by Crippen LogP contribution is -2.65. The predicted molar refractivity (Wildman–Crippen MR) is 211 cm³/mol. The quantitative estimate of drug-likeness (QED) is 0.205. The van der Waals surface area contributed by atoms with Gasteiger partial charge in [0.15, 0.2) is 5.82 Å². The van der Waals surface area contributed by atoms with Crippen molar-refractivity contribution in [2.45, 2.75) is 96.7 Å². The first-order valence-electron chi connectivity index (χ1n) is 20.1. The Hall–Kier alpha value is -3.52. The first-order chi connectivity index (χ1) is 26.5. The van der Waals surface area contributed by atoms with Crippen LogP contribution in [0.2, 0.25) is 0 Å². The number of aliphatic hydroxyl groups is 1. The van der Waals surface area contributed by atoms with Crippen LogP contribution in [0.4, 0.5) is 14.6 Å². The molecule has 4 aromatic rings. The molecule has 0 amide bonds. The highest BCUT2D eigenvalue weighted by atomic mass is 32.2. The van der Waals surface area contributed by atoms with E-state index in [4.69, 9.17) is 19.4 Å². The van der Waals surface area contributed by atoms with E-state index in [1.54, 1.807) is 13.0 Å². The van der Waals surface area contributed by atoms with Gasteiger partial charge in [-0.1, -0.05) is 33.3 Å². The third kappa shape index (κ3) is 6.86. The van der Waals surface area contributed by atoms with Crippen molar-refractivity contribution in [3.05, 3.63) is 47.7 Å². The van der Waals surface area contributed by atoms with Crippen molar-refractivity contribution in [2.24, 2.45) is 10.8 Å². The maximum atomic E-state index is 17.1. The number of nitrogens with zero attached hydrogens (tertiary/aromatic N) is 5. The molecule has 5 fully saturated rings. The number of ether oxygens (including phenoxy) is 2. The van der Waals surface area contributed by atoms with Crippen LogP contribution in [0.25, 0.3) is 32.9 Å². The lowest BCUT2D eigenvalue weighted by molar-refractivity contribution is -0.0719. The average molecular weight is 778 g/mol. The summed E-state index contributed by atoms with van der Waals surface area (Å²) in [6.45, 7) is 10.1. The van der Waals surface area contributed by atoms with Crippen molar-refractivity contribution in [3.8, 4) is 23.0 Å². The van der Waals surface area contributed by atoms with Gasteiger partial charge in [0.25, 0.3) is 0 Å². The van der Waals surface area contributed by atoms with Crippen LogP contribution in [0.15, 0.2) is 30.5 Å². The highest BCUT2D eigenvalue weighted by molar-refractivity contribution is 7.86. The summed E-state index contributed by atoms with van der Waals surface area (Å²) >= 11 is 0. The molecule has 2 aromatic carbocycles. The maximum Gasteiger partial charge on any atom is 0.319 e. The van der Waals surface area contributed by atoms with E-state index in [1.165, 1.54) is 24.4 Å². The van der Waals surface area contributed by atoms with E-state index in [0.717, 1.165) is 63.0 Å². The molecule has 10 nitrogen and oxygen atoms in total.